The van der Waals surface area contributed by atoms with E-state index in [0.29, 0.717) is 5.56 Å². The highest BCUT2D eigenvalue weighted by Gasteiger charge is 2.29. The molecule has 2 rings (SSSR count). The molecule has 0 bridgehead atoms. The Labute approximate surface area is 112 Å². The van der Waals surface area contributed by atoms with E-state index in [-0.39, 0.29) is 24.5 Å². The van der Waals surface area contributed by atoms with Gasteiger partial charge in [-0.1, -0.05) is 12.8 Å². The number of amides is 1. The van der Waals surface area contributed by atoms with Crippen molar-refractivity contribution in [2.24, 2.45) is 7.05 Å². The number of carbonyl (C=O) groups is 2. The molecule has 1 aliphatic rings. The van der Waals surface area contributed by atoms with E-state index >= 15 is 0 Å². The number of hydrogen-bond donors (Lipinski definition) is 0. The molecule has 0 aliphatic heterocycles. The van der Waals surface area contributed by atoms with Crippen LogP contribution in [0, 0.1) is 0 Å². The van der Waals surface area contributed by atoms with Crippen LogP contribution in [-0.2, 0) is 16.6 Å². The lowest BCUT2D eigenvalue weighted by atomic mass is 10.2. The maximum absolute atomic E-state index is 12.5. The van der Waals surface area contributed by atoms with Crippen LogP contribution in [0.3, 0.4) is 0 Å². The highest BCUT2D eigenvalue weighted by molar-refractivity contribution is 5.95. The minimum Gasteiger partial charge on any atom is -0.468 e. The minimum atomic E-state index is -0.385. The topological polar surface area (TPSA) is 64.4 Å². The van der Waals surface area contributed by atoms with Crippen molar-refractivity contribution in [2.45, 2.75) is 31.7 Å². The van der Waals surface area contributed by atoms with Gasteiger partial charge >= 0.3 is 5.97 Å². The second kappa shape index (κ2) is 5.86. The second-order valence-electron chi connectivity index (χ2n) is 4.85. The van der Waals surface area contributed by atoms with Crippen molar-refractivity contribution in [2.75, 3.05) is 13.7 Å². The van der Waals surface area contributed by atoms with Crippen LogP contribution in [0.25, 0.3) is 0 Å². The summed E-state index contributed by atoms with van der Waals surface area (Å²) in [5.41, 5.74) is 0.512. The molecule has 1 amide bonds. The molecule has 0 radical (unpaired) electrons. The molecule has 1 aromatic heterocycles. The molecule has 1 aromatic rings. The summed E-state index contributed by atoms with van der Waals surface area (Å²) in [5, 5.41) is 4.00. The van der Waals surface area contributed by atoms with Crippen LogP contribution < -0.4 is 0 Å². The van der Waals surface area contributed by atoms with E-state index in [1.165, 1.54) is 13.3 Å². The molecule has 19 heavy (non-hydrogen) atoms. The van der Waals surface area contributed by atoms with E-state index in [9.17, 15) is 9.59 Å². The van der Waals surface area contributed by atoms with Crippen LogP contribution in [0.1, 0.15) is 36.0 Å². The lowest BCUT2D eigenvalue weighted by Crippen LogP contribution is -2.42. The Morgan fingerprint density at radius 2 is 2.16 bits per heavy atom. The van der Waals surface area contributed by atoms with Gasteiger partial charge in [-0.15, -0.1) is 0 Å². The van der Waals surface area contributed by atoms with Gasteiger partial charge in [-0.2, -0.15) is 5.10 Å². The van der Waals surface area contributed by atoms with Gasteiger partial charge in [0.05, 0.1) is 18.9 Å². The first-order valence-corrected chi connectivity index (χ1v) is 6.48. The normalized spacial score (nSPS) is 15.5. The summed E-state index contributed by atoms with van der Waals surface area (Å²) in [7, 11) is 3.10. The summed E-state index contributed by atoms with van der Waals surface area (Å²) in [6, 6.07) is 0.131. The highest BCUT2D eigenvalue weighted by Crippen LogP contribution is 2.24. The number of ether oxygens (including phenoxy) is 1. The molecule has 0 aromatic carbocycles. The molecule has 6 heteroatoms. The van der Waals surface area contributed by atoms with Gasteiger partial charge < -0.3 is 9.64 Å². The van der Waals surface area contributed by atoms with Crippen LogP contribution in [0.5, 0.6) is 0 Å². The number of nitrogens with zero attached hydrogens (tertiary/aromatic N) is 3. The van der Waals surface area contributed by atoms with Crippen LogP contribution in [0.2, 0.25) is 0 Å². The predicted molar refractivity (Wildman–Crippen MR) is 68.5 cm³/mol. The number of esters is 1. The Kier molecular flexibility index (Phi) is 4.19. The zero-order valence-corrected chi connectivity index (χ0v) is 11.3. The summed E-state index contributed by atoms with van der Waals surface area (Å²) in [4.78, 5) is 25.6. The first-order chi connectivity index (χ1) is 9.11. The highest BCUT2D eigenvalue weighted by atomic mass is 16.5. The molecule has 104 valence electrons. The van der Waals surface area contributed by atoms with Gasteiger partial charge in [-0.25, -0.2) is 0 Å². The molecule has 0 saturated heterocycles. The van der Waals surface area contributed by atoms with Gasteiger partial charge in [0, 0.05) is 19.3 Å². The quantitative estimate of drug-likeness (QED) is 0.761. The minimum absolute atomic E-state index is 0.00882. The Morgan fingerprint density at radius 1 is 1.47 bits per heavy atom. The van der Waals surface area contributed by atoms with Crippen molar-refractivity contribution < 1.29 is 14.3 Å². The third-order valence-electron chi connectivity index (χ3n) is 3.51. The van der Waals surface area contributed by atoms with Gasteiger partial charge in [0.15, 0.2) is 0 Å². The Hall–Kier alpha value is -1.85. The molecule has 0 atom stereocenters. The Balaban J connectivity index is 2.15. The molecular weight excluding hydrogens is 246 g/mol. The van der Waals surface area contributed by atoms with Gasteiger partial charge in [0.1, 0.15) is 6.54 Å². The summed E-state index contributed by atoms with van der Waals surface area (Å²) >= 11 is 0. The fourth-order valence-corrected chi connectivity index (χ4v) is 2.48. The molecule has 6 nitrogen and oxygen atoms in total. The van der Waals surface area contributed by atoms with E-state index in [0.717, 1.165) is 25.7 Å². The summed E-state index contributed by atoms with van der Waals surface area (Å²) in [6.45, 7) is 0.00882. The fourth-order valence-electron chi connectivity index (χ4n) is 2.48. The zero-order chi connectivity index (χ0) is 13.8. The maximum Gasteiger partial charge on any atom is 0.325 e. The van der Waals surface area contributed by atoms with Gasteiger partial charge in [-0.3, -0.25) is 14.3 Å². The third-order valence-corrected chi connectivity index (χ3v) is 3.51. The number of carbonyl (C=O) groups excluding carboxylic acids is 2. The lowest BCUT2D eigenvalue weighted by Gasteiger charge is -2.27. The van der Waals surface area contributed by atoms with Gasteiger partial charge in [-0.05, 0) is 12.8 Å². The van der Waals surface area contributed by atoms with E-state index in [1.54, 1.807) is 22.8 Å². The Bertz CT molecular complexity index is 463. The first-order valence-electron chi connectivity index (χ1n) is 6.48. The van der Waals surface area contributed by atoms with Crippen molar-refractivity contribution in [3.05, 3.63) is 18.0 Å². The number of hydrogen-bond acceptors (Lipinski definition) is 4. The third kappa shape index (κ3) is 3.13. The molecule has 0 unspecified atom stereocenters. The number of methoxy groups -OCH3 is 1. The summed E-state index contributed by atoms with van der Waals surface area (Å²) in [5.74, 6) is -0.533. The lowest BCUT2D eigenvalue weighted by molar-refractivity contribution is -0.141. The van der Waals surface area contributed by atoms with E-state index in [1.807, 2.05) is 0 Å². The largest absolute Gasteiger partial charge is 0.468 e. The van der Waals surface area contributed by atoms with Crippen molar-refractivity contribution in [1.29, 1.82) is 0 Å². The van der Waals surface area contributed by atoms with Crippen molar-refractivity contribution in [3.63, 3.8) is 0 Å². The van der Waals surface area contributed by atoms with E-state index in [4.69, 9.17) is 0 Å². The SMILES string of the molecule is COC(=O)CN(C(=O)c1cnn(C)c1)C1CCCC1. The number of aryl methyl sites for hydroxylation is 1. The average molecular weight is 265 g/mol. The monoisotopic (exact) mass is 265 g/mol. The van der Waals surface area contributed by atoms with Crippen LogP contribution in [-0.4, -0.2) is 46.3 Å². The van der Waals surface area contributed by atoms with E-state index < -0.39 is 0 Å². The van der Waals surface area contributed by atoms with Crippen LogP contribution in [0.15, 0.2) is 12.4 Å². The van der Waals surface area contributed by atoms with Crippen LogP contribution >= 0.6 is 0 Å². The summed E-state index contributed by atoms with van der Waals surface area (Å²) in [6.07, 6.45) is 7.29. The average Bonchev–Trinajstić information content (AvgIpc) is 3.05. The second-order valence-corrected chi connectivity index (χ2v) is 4.85. The van der Waals surface area contributed by atoms with E-state index in [2.05, 4.69) is 9.84 Å². The molecule has 0 N–H and O–H groups in total. The predicted octanol–water partition coefficient (Wildman–Crippen LogP) is 0.978. The molecule has 1 saturated carbocycles. The van der Waals surface area contributed by atoms with Crippen molar-refractivity contribution in [1.82, 2.24) is 14.7 Å². The van der Waals surface area contributed by atoms with Gasteiger partial charge in [0.25, 0.3) is 5.91 Å². The molecule has 1 fully saturated rings. The van der Waals surface area contributed by atoms with Gasteiger partial charge in [0.2, 0.25) is 0 Å². The van der Waals surface area contributed by atoms with Crippen molar-refractivity contribution >= 4 is 11.9 Å². The molecule has 1 heterocycles. The fraction of sp³-hybridized carbons (Fsp3) is 0.615. The maximum atomic E-state index is 12.5. The molecule has 0 spiro atoms. The van der Waals surface area contributed by atoms with Crippen molar-refractivity contribution in [3.8, 4) is 0 Å². The summed E-state index contributed by atoms with van der Waals surface area (Å²) < 4.78 is 6.26. The van der Waals surface area contributed by atoms with Crippen LogP contribution in [0.4, 0.5) is 0 Å². The number of rotatable bonds is 4. The Morgan fingerprint density at radius 3 is 2.68 bits per heavy atom. The number of aromatic nitrogens is 2. The molecular formula is C13H19N3O3. The standard InChI is InChI=1S/C13H19N3O3/c1-15-8-10(7-14-15)13(18)16(9-12(17)19-2)11-5-3-4-6-11/h7-8,11H,3-6,9H2,1-2H3. The molecule has 1 aliphatic carbocycles. The first kappa shape index (κ1) is 13.6. The smallest absolute Gasteiger partial charge is 0.325 e. The zero-order valence-electron chi connectivity index (χ0n) is 11.3.